The van der Waals surface area contributed by atoms with Gasteiger partial charge in [-0.3, -0.25) is 14.4 Å². The van der Waals surface area contributed by atoms with E-state index in [1.54, 1.807) is 50.1 Å². The zero-order valence-corrected chi connectivity index (χ0v) is 20.3. The monoisotopic (exact) mass is 453 g/mol. The minimum absolute atomic E-state index is 0.138. The van der Waals surface area contributed by atoms with E-state index in [4.69, 9.17) is 9.57 Å². The van der Waals surface area contributed by atoms with Gasteiger partial charge in [0.05, 0.1) is 28.8 Å². The smallest absolute Gasteiger partial charge is 0.421 e. The summed E-state index contributed by atoms with van der Waals surface area (Å²) >= 11 is 0. The van der Waals surface area contributed by atoms with Crippen LogP contribution in [0.5, 0.6) is 0 Å². The summed E-state index contributed by atoms with van der Waals surface area (Å²) in [6.07, 6.45) is -0.251. The molecule has 8 nitrogen and oxygen atoms in total. The summed E-state index contributed by atoms with van der Waals surface area (Å²) in [5.41, 5.74) is -3.03. The number of rotatable bonds is 1. The van der Waals surface area contributed by atoms with Crippen molar-refractivity contribution in [1.29, 1.82) is 5.26 Å². The number of amides is 2. The third-order valence-corrected chi connectivity index (χ3v) is 6.76. The molecule has 2 saturated heterocycles. The Balaban J connectivity index is 1.97. The minimum Gasteiger partial charge on any atom is -0.443 e. The van der Waals surface area contributed by atoms with E-state index < -0.39 is 46.1 Å². The number of Topliss-reactive ketones (excluding diaryl/α,β-unsaturated/α-hetero) is 1. The number of anilines is 1. The average Bonchev–Trinajstić information content (AvgIpc) is 3.02. The number of ketones is 1. The first-order valence-corrected chi connectivity index (χ1v) is 11.3. The lowest BCUT2D eigenvalue weighted by molar-refractivity contribution is -0.285. The van der Waals surface area contributed by atoms with Crippen molar-refractivity contribution < 1.29 is 24.0 Å². The van der Waals surface area contributed by atoms with Crippen molar-refractivity contribution in [2.45, 2.75) is 89.5 Å². The van der Waals surface area contributed by atoms with Gasteiger partial charge in [-0.15, -0.1) is 0 Å². The molecule has 0 saturated carbocycles. The number of ether oxygens (including phenoxy) is 1. The lowest BCUT2D eigenvalue weighted by Crippen LogP contribution is -2.62. The second-order valence-electron chi connectivity index (χ2n) is 11.3. The summed E-state index contributed by atoms with van der Waals surface area (Å²) in [6.45, 7) is 12.6. The Bertz CT molecular complexity index is 1080. The number of carbonyl (C=O) groups is 3. The molecule has 0 unspecified atom stereocenters. The minimum atomic E-state index is -1.46. The van der Waals surface area contributed by atoms with Crippen LogP contribution in [0.25, 0.3) is 0 Å². The standard InChI is InChI=1S/C25H31N3O5/c1-22(2,3)32-21(31)27-17-11-9-8-10-15(17)25(20(27)30)16(14-26)19-18(29)12-13-24(25,7)28(19)33-23(4,5)6/h8-11,16,19H,12-13H2,1-7H3/t16-,19+,24+,25-/m1/s1. The molecule has 2 bridgehead atoms. The van der Waals surface area contributed by atoms with Crippen LogP contribution in [0, 0.1) is 17.2 Å². The summed E-state index contributed by atoms with van der Waals surface area (Å²) in [5.74, 6) is -1.71. The predicted octanol–water partition coefficient (Wildman–Crippen LogP) is 3.88. The lowest BCUT2D eigenvalue weighted by atomic mass is 9.61. The molecule has 3 aliphatic rings. The van der Waals surface area contributed by atoms with Gasteiger partial charge in [0.15, 0.2) is 5.78 Å². The van der Waals surface area contributed by atoms with Gasteiger partial charge in [0.25, 0.3) is 5.91 Å². The summed E-state index contributed by atoms with van der Waals surface area (Å²) in [5, 5.41) is 12.0. The second-order valence-corrected chi connectivity index (χ2v) is 11.3. The maximum absolute atomic E-state index is 14.3. The normalized spacial score (nSPS) is 31.6. The van der Waals surface area contributed by atoms with Crippen molar-refractivity contribution >= 4 is 23.5 Å². The van der Waals surface area contributed by atoms with Crippen LogP contribution in [0.1, 0.15) is 66.9 Å². The van der Waals surface area contributed by atoms with Gasteiger partial charge < -0.3 is 4.74 Å². The number of hydrogen-bond donors (Lipinski definition) is 0. The number of fused-ring (bicyclic) bond motifs is 5. The third kappa shape index (κ3) is 3.13. The number of benzene rings is 1. The van der Waals surface area contributed by atoms with E-state index in [0.29, 0.717) is 17.7 Å². The topological polar surface area (TPSA) is 99.9 Å². The van der Waals surface area contributed by atoms with Crippen LogP contribution in [0.3, 0.4) is 0 Å². The number of hydroxylamine groups is 2. The number of carbonyl (C=O) groups excluding carboxylic acids is 3. The predicted molar refractivity (Wildman–Crippen MR) is 120 cm³/mol. The number of piperidine rings is 1. The lowest BCUT2D eigenvalue weighted by Gasteiger charge is -2.48. The molecule has 0 radical (unpaired) electrons. The quantitative estimate of drug-likeness (QED) is 0.636. The van der Waals surface area contributed by atoms with Crippen LogP contribution in [-0.4, -0.2) is 45.6 Å². The van der Waals surface area contributed by atoms with Crippen molar-refractivity contribution in [3.8, 4) is 6.07 Å². The average molecular weight is 454 g/mol. The molecule has 176 valence electrons. The summed E-state index contributed by atoms with van der Waals surface area (Å²) in [7, 11) is 0. The number of nitrogens with zero attached hydrogens (tertiary/aromatic N) is 3. The molecule has 0 aliphatic carbocycles. The van der Waals surface area contributed by atoms with Crippen LogP contribution in [0.15, 0.2) is 24.3 Å². The van der Waals surface area contributed by atoms with Crippen LogP contribution in [0.4, 0.5) is 10.5 Å². The Morgan fingerprint density at radius 3 is 2.33 bits per heavy atom. The van der Waals surface area contributed by atoms with Gasteiger partial charge >= 0.3 is 6.09 Å². The molecule has 4 atom stereocenters. The molecule has 0 aromatic heterocycles. The molecule has 33 heavy (non-hydrogen) atoms. The van der Waals surface area contributed by atoms with E-state index in [0.717, 1.165) is 4.90 Å². The van der Waals surface area contributed by atoms with Crippen molar-refractivity contribution in [3.63, 3.8) is 0 Å². The van der Waals surface area contributed by atoms with Gasteiger partial charge in [-0.05, 0) is 66.5 Å². The fraction of sp³-hybridized carbons (Fsp3) is 0.600. The number of hydrogen-bond acceptors (Lipinski definition) is 7. The van der Waals surface area contributed by atoms with Crippen LogP contribution in [0.2, 0.25) is 0 Å². The Hall–Kier alpha value is -2.76. The van der Waals surface area contributed by atoms with Crippen LogP contribution < -0.4 is 4.90 Å². The molecular formula is C25H31N3O5. The summed E-state index contributed by atoms with van der Waals surface area (Å²) in [6, 6.07) is 8.34. The zero-order valence-electron chi connectivity index (χ0n) is 20.3. The van der Waals surface area contributed by atoms with E-state index >= 15 is 0 Å². The van der Waals surface area contributed by atoms with Crippen LogP contribution >= 0.6 is 0 Å². The molecule has 1 spiro atoms. The van der Waals surface area contributed by atoms with E-state index in [9.17, 15) is 19.6 Å². The highest BCUT2D eigenvalue weighted by molar-refractivity contribution is 6.22. The zero-order chi connectivity index (χ0) is 24.6. The molecule has 2 fully saturated rings. The highest BCUT2D eigenvalue weighted by Gasteiger charge is 2.78. The Kier molecular flexibility index (Phi) is 5.05. The maximum Gasteiger partial charge on any atom is 0.421 e. The molecule has 1 aromatic rings. The maximum atomic E-state index is 14.3. The van der Waals surface area contributed by atoms with Crippen molar-refractivity contribution in [3.05, 3.63) is 29.8 Å². The number of imide groups is 1. The Morgan fingerprint density at radius 2 is 1.76 bits per heavy atom. The molecule has 3 heterocycles. The largest absolute Gasteiger partial charge is 0.443 e. The van der Waals surface area contributed by atoms with Gasteiger partial charge in [-0.1, -0.05) is 18.2 Å². The molecule has 3 aliphatic heterocycles. The van der Waals surface area contributed by atoms with E-state index in [-0.39, 0.29) is 12.2 Å². The summed E-state index contributed by atoms with van der Waals surface area (Å²) < 4.78 is 5.56. The first-order chi connectivity index (χ1) is 15.2. The molecule has 0 N–H and O–H groups in total. The SMILES string of the molecule is CC(C)(C)OC(=O)N1C(=O)[C@@]2(c3ccccc31)[C@H](C#N)[C@H]1C(=O)CC[C@]2(C)N1OC(C)(C)C. The fourth-order valence-corrected chi connectivity index (χ4v) is 5.66. The number of para-hydroxylation sites is 1. The Labute approximate surface area is 194 Å². The van der Waals surface area contributed by atoms with Gasteiger partial charge in [0, 0.05) is 6.42 Å². The Morgan fingerprint density at radius 1 is 1.12 bits per heavy atom. The first kappa shape index (κ1) is 23.4. The van der Waals surface area contributed by atoms with E-state index in [2.05, 4.69) is 6.07 Å². The van der Waals surface area contributed by atoms with Crippen molar-refractivity contribution in [1.82, 2.24) is 5.06 Å². The first-order valence-electron chi connectivity index (χ1n) is 11.3. The molecule has 4 rings (SSSR count). The second kappa shape index (κ2) is 7.12. The van der Waals surface area contributed by atoms with Gasteiger partial charge in [0.2, 0.25) is 0 Å². The fourth-order valence-electron chi connectivity index (χ4n) is 5.66. The van der Waals surface area contributed by atoms with Gasteiger partial charge in [-0.25, -0.2) is 9.69 Å². The third-order valence-electron chi connectivity index (χ3n) is 6.76. The van der Waals surface area contributed by atoms with Gasteiger partial charge in [0.1, 0.15) is 17.1 Å². The molecule has 2 amide bonds. The summed E-state index contributed by atoms with van der Waals surface area (Å²) in [4.78, 5) is 48.0. The van der Waals surface area contributed by atoms with E-state index in [1.165, 1.54) is 0 Å². The molecule has 8 heteroatoms. The van der Waals surface area contributed by atoms with Crippen molar-refractivity contribution in [2.24, 2.45) is 5.92 Å². The highest BCUT2D eigenvalue weighted by Crippen LogP contribution is 2.64. The van der Waals surface area contributed by atoms with E-state index in [1.807, 2.05) is 27.7 Å². The number of nitriles is 1. The molecular weight excluding hydrogens is 422 g/mol. The van der Waals surface area contributed by atoms with Gasteiger partial charge in [-0.2, -0.15) is 10.3 Å². The van der Waals surface area contributed by atoms with Crippen LogP contribution in [-0.2, 0) is 24.6 Å². The van der Waals surface area contributed by atoms with Crippen molar-refractivity contribution in [2.75, 3.05) is 4.90 Å². The highest BCUT2D eigenvalue weighted by atomic mass is 16.7. The molecule has 1 aromatic carbocycles.